The van der Waals surface area contributed by atoms with Gasteiger partial charge in [0.05, 0.1) is 16.8 Å². The summed E-state index contributed by atoms with van der Waals surface area (Å²) < 4.78 is 3.48. The summed E-state index contributed by atoms with van der Waals surface area (Å²) in [7, 11) is 0. The number of fused-ring (bicyclic) bond motifs is 3. The number of para-hydroxylation sites is 2. The lowest BCUT2D eigenvalue weighted by molar-refractivity contribution is 0.794. The van der Waals surface area contributed by atoms with Crippen LogP contribution in [0.2, 0.25) is 0 Å². The number of hydrogen-bond donors (Lipinski definition) is 0. The van der Waals surface area contributed by atoms with E-state index < -0.39 is 0 Å². The van der Waals surface area contributed by atoms with Crippen LogP contribution in [0.5, 0.6) is 0 Å². The maximum Gasteiger partial charge on any atom is 0.121 e. The summed E-state index contributed by atoms with van der Waals surface area (Å²) in [6, 6.07) is 17.0. The molecule has 0 saturated heterocycles. The minimum absolute atomic E-state index is 0.343. The number of benzene rings is 2. The highest BCUT2D eigenvalue weighted by atomic mass is 79.9. The monoisotopic (exact) mass is 330 g/mol. The van der Waals surface area contributed by atoms with Crippen LogP contribution in [-0.2, 0) is 5.75 Å². The van der Waals surface area contributed by atoms with Gasteiger partial charge in [-0.2, -0.15) is 0 Å². The predicted octanol–water partition coefficient (Wildman–Crippen LogP) is 4.59. The van der Waals surface area contributed by atoms with Crippen molar-refractivity contribution in [3.8, 4) is 0 Å². The minimum Gasteiger partial charge on any atom is -0.310 e. The third-order valence-electron chi connectivity index (χ3n) is 3.43. The molecule has 94 valence electrons. The topological polar surface area (TPSA) is 17.8 Å². The number of hydrogen-bond acceptors (Lipinski definition) is 2. The van der Waals surface area contributed by atoms with Crippen molar-refractivity contribution in [3.05, 3.63) is 64.4 Å². The number of imidazole rings is 1. The summed E-state index contributed by atoms with van der Waals surface area (Å²) in [5.74, 6) is 2.16. The first kappa shape index (κ1) is 11.6. The van der Waals surface area contributed by atoms with Crippen molar-refractivity contribution in [1.29, 1.82) is 0 Å². The fourth-order valence-corrected chi connectivity index (χ4v) is 4.07. The number of halogens is 1. The van der Waals surface area contributed by atoms with E-state index >= 15 is 0 Å². The number of thioether (sulfide) groups is 1. The number of rotatable bonds is 1. The molecule has 1 atom stereocenters. The van der Waals surface area contributed by atoms with Gasteiger partial charge in [0.25, 0.3) is 0 Å². The maximum atomic E-state index is 4.72. The molecule has 0 amide bonds. The zero-order chi connectivity index (χ0) is 12.8. The molecule has 2 heterocycles. The lowest BCUT2D eigenvalue weighted by Crippen LogP contribution is -2.02. The Kier molecular flexibility index (Phi) is 2.67. The van der Waals surface area contributed by atoms with Crippen LogP contribution in [0.4, 0.5) is 0 Å². The van der Waals surface area contributed by atoms with E-state index in [1.54, 1.807) is 0 Å². The molecule has 2 aromatic carbocycles. The van der Waals surface area contributed by atoms with Crippen LogP contribution >= 0.6 is 27.7 Å². The molecule has 3 aromatic rings. The van der Waals surface area contributed by atoms with E-state index in [4.69, 9.17) is 4.98 Å². The molecular weight excluding hydrogens is 320 g/mol. The third-order valence-corrected chi connectivity index (χ3v) is 5.18. The van der Waals surface area contributed by atoms with Crippen LogP contribution in [-0.4, -0.2) is 9.55 Å². The van der Waals surface area contributed by atoms with Gasteiger partial charge in [-0.15, -0.1) is 11.8 Å². The second-order valence-electron chi connectivity index (χ2n) is 4.60. The van der Waals surface area contributed by atoms with Crippen LogP contribution in [0.25, 0.3) is 11.0 Å². The third kappa shape index (κ3) is 1.82. The first-order valence-corrected chi connectivity index (χ1v) is 8.00. The van der Waals surface area contributed by atoms with Crippen molar-refractivity contribution < 1.29 is 0 Å². The normalized spacial score (nSPS) is 17.8. The van der Waals surface area contributed by atoms with Gasteiger partial charge in [0, 0.05) is 4.47 Å². The average molecular weight is 331 g/mol. The van der Waals surface area contributed by atoms with Crippen molar-refractivity contribution in [2.24, 2.45) is 0 Å². The van der Waals surface area contributed by atoms with Crippen molar-refractivity contribution in [2.75, 3.05) is 0 Å². The Balaban J connectivity index is 1.89. The fourth-order valence-electron chi connectivity index (χ4n) is 2.56. The first-order valence-electron chi connectivity index (χ1n) is 6.16. The molecule has 1 aromatic heterocycles. The van der Waals surface area contributed by atoms with E-state index in [0.29, 0.717) is 5.37 Å². The largest absolute Gasteiger partial charge is 0.310 e. The molecule has 0 fully saturated rings. The molecule has 0 bridgehead atoms. The summed E-state index contributed by atoms with van der Waals surface area (Å²) in [5, 5.41) is 0.343. The van der Waals surface area contributed by atoms with Crippen LogP contribution < -0.4 is 0 Å². The summed E-state index contributed by atoms with van der Waals surface area (Å²) in [6.45, 7) is 0. The zero-order valence-electron chi connectivity index (χ0n) is 10.1. The van der Waals surface area contributed by atoms with Gasteiger partial charge in [-0.25, -0.2) is 4.98 Å². The van der Waals surface area contributed by atoms with Crippen molar-refractivity contribution in [2.45, 2.75) is 11.1 Å². The summed E-state index contributed by atoms with van der Waals surface area (Å²) in [4.78, 5) is 4.72. The predicted molar refractivity (Wildman–Crippen MR) is 83.3 cm³/mol. The molecule has 1 aliphatic rings. The summed E-state index contributed by atoms with van der Waals surface area (Å²) >= 11 is 5.43. The van der Waals surface area contributed by atoms with E-state index in [-0.39, 0.29) is 0 Å². The van der Waals surface area contributed by atoms with Gasteiger partial charge in [-0.05, 0) is 29.8 Å². The van der Waals surface area contributed by atoms with Gasteiger partial charge in [0.15, 0.2) is 0 Å². The van der Waals surface area contributed by atoms with Crippen molar-refractivity contribution in [3.63, 3.8) is 0 Å². The van der Waals surface area contributed by atoms with Gasteiger partial charge >= 0.3 is 0 Å². The Bertz CT molecular complexity index is 748. The van der Waals surface area contributed by atoms with Crippen molar-refractivity contribution in [1.82, 2.24) is 9.55 Å². The molecule has 0 spiro atoms. The van der Waals surface area contributed by atoms with Gasteiger partial charge in [-0.3, -0.25) is 0 Å². The van der Waals surface area contributed by atoms with E-state index in [1.165, 1.54) is 16.9 Å². The van der Waals surface area contributed by atoms with E-state index in [9.17, 15) is 0 Å². The molecule has 4 heteroatoms. The Morgan fingerprint density at radius 2 is 1.89 bits per heavy atom. The smallest absolute Gasteiger partial charge is 0.121 e. The van der Waals surface area contributed by atoms with Crippen LogP contribution in [0.15, 0.2) is 53.0 Å². The molecule has 2 nitrogen and oxygen atoms in total. The molecular formula is C15H11BrN2S. The number of nitrogens with zero attached hydrogens (tertiary/aromatic N) is 2. The average Bonchev–Trinajstić information content (AvgIpc) is 2.98. The lowest BCUT2D eigenvalue weighted by atomic mass is 10.2. The maximum absolute atomic E-state index is 4.72. The van der Waals surface area contributed by atoms with Crippen LogP contribution in [0, 0.1) is 0 Å². The second-order valence-corrected chi connectivity index (χ2v) is 6.59. The summed E-state index contributed by atoms with van der Waals surface area (Å²) in [5.41, 5.74) is 3.66. The SMILES string of the molecule is Brc1ccc([C@@H]2SCc3nc4ccccc4n32)cc1. The Labute approximate surface area is 124 Å². The molecule has 4 rings (SSSR count). The standard InChI is InChI=1S/C15H11BrN2S/c16-11-7-5-10(6-8-11)15-18-13-4-2-1-3-12(13)17-14(18)9-19-15/h1-8,15H,9H2/t15-/m0/s1. The molecule has 0 radical (unpaired) electrons. The van der Waals surface area contributed by atoms with Gasteiger partial charge < -0.3 is 4.57 Å². The zero-order valence-corrected chi connectivity index (χ0v) is 12.5. The van der Waals surface area contributed by atoms with E-state index in [2.05, 4.69) is 63.0 Å². The summed E-state index contributed by atoms with van der Waals surface area (Å²) in [6.07, 6.45) is 0. The lowest BCUT2D eigenvalue weighted by Gasteiger charge is -2.14. The molecule has 0 saturated carbocycles. The highest BCUT2D eigenvalue weighted by Gasteiger charge is 2.27. The number of aromatic nitrogens is 2. The van der Waals surface area contributed by atoms with Crippen LogP contribution in [0.1, 0.15) is 16.8 Å². The molecule has 0 aliphatic carbocycles. The molecule has 1 aliphatic heterocycles. The van der Waals surface area contributed by atoms with Crippen molar-refractivity contribution >= 4 is 38.7 Å². The molecule has 19 heavy (non-hydrogen) atoms. The highest BCUT2D eigenvalue weighted by Crippen LogP contribution is 2.42. The van der Waals surface area contributed by atoms with E-state index in [1.807, 2.05) is 17.8 Å². The quantitative estimate of drug-likeness (QED) is 0.649. The minimum atomic E-state index is 0.343. The van der Waals surface area contributed by atoms with E-state index in [0.717, 1.165) is 15.7 Å². The first-order chi connectivity index (χ1) is 9.33. The molecule has 0 unspecified atom stereocenters. The van der Waals surface area contributed by atoms with Gasteiger partial charge in [0.2, 0.25) is 0 Å². The molecule has 0 N–H and O–H groups in total. The Hall–Kier alpha value is -1.26. The van der Waals surface area contributed by atoms with Crippen LogP contribution in [0.3, 0.4) is 0 Å². The second kappa shape index (κ2) is 4.39. The highest BCUT2D eigenvalue weighted by molar-refractivity contribution is 9.10. The van der Waals surface area contributed by atoms with Gasteiger partial charge in [-0.1, -0.05) is 40.2 Å². The Morgan fingerprint density at radius 3 is 2.74 bits per heavy atom. The fraction of sp³-hybridized carbons (Fsp3) is 0.133. The van der Waals surface area contributed by atoms with Gasteiger partial charge in [0.1, 0.15) is 11.2 Å². The Morgan fingerprint density at radius 1 is 1.11 bits per heavy atom.